The smallest absolute Gasteiger partial charge is 0.284 e. The van der Waals surface area contributed by atoms with Crippen LogP contribution in [0.5, 0.6) is 0 Å². The van der Waals surface area contributed by atoms with Crippen LogP contribution in [0.25, 0.3) is 17.0 Å². The minimum absolute atomic E-state index is 0. The predicted molar refractivity (Wildman–Crippen MR) is 90.7 cm³/mol. The lowest BCUT2D eigenvalue weighted by atomic mass is 10.2. The summed E-state index contributed by atoms with van der Waals surface area (Å²) in [6, 6.07) is 19.1. The van der Waals surface area contributed by atoms with E-state index in [4.69, 9.17) is 0 Å². The number of pyridine rings is 1. The number of hydrogen-bond donors (Lipinski definition) is 0. The maximum atomic E-state index is 10.9. The zero-order valence-corrected chi connectivity index (χ0v) is 12.9. The summed E-state index contributed by atoms with van der Waals surface area (Å²) in [4.78, 5) is 29.5. The third-order valence-electron chi connectivity index (χ3n) is 3.17. The van der Waals surface area contributed by atoms with Gasteiger partial charge < -0.3 is 0 Å². The van der Waals surface area contributed by atoms with Crippen LogP contribution < -0.4 is 10.6 Å². The number of ketones is 1. The first-order chi connectivity index (χ1) is 10.7. The van der Waals surface area contributed by atoms with Gasteiger partial charge in [0.05, 0.1) is 10.9 Å². The Labute approximate surface area is 138 Å². The first-order valence-electron chi connectivity index (χ1n) is 6.77. The van der Waals surface area contributed by atoms with Crippen LogP contribution in [0, 0.1) is 0 Å². The number of halogens is 1. The topological polar surface area (TPSA) is 59.4 Å². The molecule has 0 aliphatic carbocycles. The molecule has 0 saturated heterocycles. The first-order valence-corrected chi connectivity index (χ1v) is 6.77. The zero-order valence-electron chi connectivity index (χ0n) is 12.0. The van der Waals surface area contributed by atoms with Crippen molar-refractivity contribution in [2.75, 3.05) is 0 Å². The summed E-state index contributed by atoms with van der Waals surface area (Å²) < 4.78 is 0. The van der Waals surface area contributed by atoms with Gasteiger partial charge in [0, 0.05) is 22.9 Å². The van der Waals surface area contributed by atoms with E-state index in [0.29, 0.717) is 10.6 Å². The molecule has 0 radical (unpaired) electrons. The molecule has 0 N–H and O–H groups in total. The molecule has 0 bridgehead atoms. The Bertz CT molecular complexity index is 873. The highest BCUT2D eigenvalue weighted by molar-refractivity contribution is 6.48. The Morgan fingerprint density at radius 1 is 0.783 bits per heavy atom. The number of Topliss-reactive ketones (excluding diaryl/α,β-unsaturated/α-hetero) is 1. The van der Waals surface area contributed by atoms with Crippen LogP contribution in [0.2, 0.25) is 0 Å². The van der Waals surface area contributed by atoms with Gasteiger partial charge in [-0.15, -0.1) is 12.4 Å². The van der Waals surface area contributed by atoms with Gasteiger partial charge in [-0.2, -0.15) is 0 Å². The normalized spacial score (nSPS) is 12.0. The summed E-state index contributed by atoms with van der Waals surface area (Å²) in [7, 11) is 0. The van der Waals surface area contributed by atoms with E-state index >= 15 is 0 Å². The molecule has 114 valence electrons. The van der Waals surface area contributed by atoms with E-state index in [1.807, 2.05) is 30.5 Å². The highest BCUT2D eigenvalue weighted by Gasteiger charge is 2.11. The first kappa shape index (κ1) is 16.5. The number of rotatable bonds is 0. The van der Waals surface area contributed by atoms with Crippen molar-refractivity contribution in [3.63, 3.8) is 0 Å². The quantitative estimate of drug-likeness (QED) is 0.593. The van der Waals surface area contributed by atoms with Crippen molar-refractivity contribution in [1.29, 1.82) is 0 Å². The molecular weight excluding hydrogens is 312 g/mol. The summed E-state index contributed by atoms with van der Waals surface area (Å²) in [5, 5.41) is 2.48. The monoisotopic (exact) mass is 324 g/mol. The molecule has 23 heavy (non-hydrogen) atoms. The van der Waals surface area contributed by atoms with E-state index in [0.717, 1.165) is 5.52 Å². The number of carbonyl (C=O) groups is 2. The van der Waals surface area contributed by atoms with Gasteiger partial charge >= 0.3 is 5.91 Å². The third-order valence-corrected chi connectivity index (χ3v) is 3.17. The number of amides is 1. The lowest BCUT2D eigenvalue weighted by Gasteiger charge is -1.95. The van der Waals surface area contributed by atoms with Crippen molar-refractivity contribution < 1.29 is 9.59 Å². The number of hydrogen-bond acceptors (Lipinski definition) is 3. The maximum absolute atomic E-state index is 10.9. The van der Waals surface area contributed by atoms with Gasteiger partial charge in [-0.1, -0.05) is 42.5 Å². The molecule has 1 aliphatic heterocycles. The number of nitrogens with zero attached hydrogens (tertiary/aromatic N) is 2. The van der Waals surface area contributed by atoms with E-state index in [9.17, 15) is 9.59 Å². The van der Waals surface area contributed by atoms with E-state index in [1.54, 1.807) is 24.3 Å². The van der Waals surface area contributed by atoms with Crippen molar-refractivity contribution >= 4 is 41.1 Å². The van der Waals surface area contributed by atoms with Gasteiger partial charge in [-0.25, -0.2) is 4.99 Å². The summed E-state index contributed by atoms with van der Waals surface area (Å²) >= 11 is 0. The Morgan fingerprint density at radius 2 is 1.48 bits per heavy atom. The van der Waals surface area contributed by atoms with Crippen LogP contribution in [0.1, 0.15) is 0 Å². The summed E-state index contributed by atoms with van der Waals surface area (Å²) in [5.74, 6) is -1.23. The van der Waals surface area contributed by atoms with Crippen molar-refractivity contribution in [3.8, 4) is 0 Å². The molecule has 2 heterocycles. The number of para-hydroxylation sites is 2. The molecule has 4 nitrogen and oxygen atoms in total. The second kappa shape index (κ2) is 7.42. The highest BCUT2D eigenvalue weighted by atomic mass is 35.5. The van der Waals surface area contributed by atoms with Crippen LogP contribution in [0.15, 0.2) is 71.9 Å². The van der Waals surface area contributed by atoms with Gasteiger partial charge in [0.2, 0.25) is 5.78 Å². The highest BCUT2D eigenvalue weighted by Crippen LogP contribution is 2.07. The molecule has 1 aromatic heterocycles. The average molecular weight is 325 g/mol. The number of fused-ring (bicyclic) bond motifs is 2. The average Bonchev–Trinajstić information content (AvgIpc) is 2.57. The number of carbonyl (C=O) groups excluding carboxylic acids is 2. The third kappa shape index (κ3) is 3.87. The minimum atomic E-state index is -0.686. The van der Waals surface area contributed by atoms with Gasteiger partial charge in [0.1, 0.15) is 0 Å². The summed E-state index contributed by atoms with van der Waals surface area (Å²) in [6.07, 6.45) is 3.12. The second-order valence-corrected chi connectivity index (χ2v) is 4.68. The fraction of sp³-hybridized carbons (Fsp3) is 0. The van der Waals surface area contributed by atoms with E-state index in [-0.39, 0.29) is 12.4 Å². The SMILES string of the molecule is Cl.O=C1C=c2ccccc2=NC1=O.c1ccc2ncccc2c1. The molecule has 0 saturated carbocycles. The van der Waals surface area contributed by atoms with Crippen LogP contribution in [-0.4, -0.2) is 16.7 Å². The minimum Gasteiger partial charge on any atom is -0.284 e. The standard InChI is InChI=1S/C9H5NO2.C9H7N.ClH/c11-8-5-6-3-1-2-4-7(6)10-9(8)12;1-2-6-9-8(4-1)5-3-7-10-9;/h1-5H;1-7H;1H. The molecule has 1 amide bonds. The van der Waals surface area contributed by atoms with E-state index < -0.39 is 11.7 Å². The Kier molecular flexibility index (Phi) is 5.33. The van der Waals surface area contributed by atoms with Gasteiger partial charge in [0.15, 0.2) is 0 Å². The summed E-state index contributed by atoms with van der Waals surface area (Å²) in [5.41, 5.74) is 1.06. The fourth-order valence-electron chi connectivity index (χ4n) is 2.09. The van der Waals surface area contributed by atoms with Crippen molar-refractivity contribution in [2.45, 2.75) is 0 Å². The second-order valence-electron chi connectivity index (χ2n) is 4.68. The van der Waals surface area contributed by atoms with Gasteiger partial charge in [0.25, 0.3) is 0 Å². The molecule has 2 aromatic carbocycles. The number of aromatic nitrogens is 1. The predicted octanol–water partition coefficient (Wildman–Crippen LogP) is 1.85. The number of benzene rings is 2. The van der Waals surface area contributed by atoms with Gasteiger partial charge in [-0.3, -0.25) is 14.6 Å². The van der Waals surface area contributed by atoms with Crippen LogP contribution >= 0.6 is 12.4 Å². The Balaban J connectivity index is 0.000000162. The molecule has 0 fully saturated rings. The lowest BCUT2D eigenvalue weighted by Crippen LogP contribution is -2.33. The van der Waals surface area contributed by atoms with E-state index in [2.05, 4.69) is 22.1 Å². The molecule has 0 unspecified atom stereocenters. The van der Waals surface area contributed by atoms with Crippen LogP contribution in [0.4, 0.5) is 0 Å². The van der Waals surface area contributed by atoms with Crippen molar-refractivity contribution in [1.82, 2.24) is 4.98 Å². The molecule has 4 rings (SSSR count). The zero-order chi connectivity index (χ0) is 15.4. The largest absolute Gasteiger partial charge is 0.317 e. The molecule has 5 heteroatoms. The van der Waals surface area contributed by atoms with Crippen LogP contribution in [0.3, 0.4) is 0 Å². The maximum Gasteiger partial charge on any atom is 0.317 e. The van der Waals surface area contributed by atoms with E-state index in [1.165, 1.54) is 11.5 Å². The Hall–Kier alpha value is -2.85. The fourth-order valence-corrected chi connectivity index (χ4v) is 2.09. The summed E-state index contributed by atoms with van der Waals surface area (Å²) in [6.45, 7) is 0. The molecule has 0 spiro atoms. The molecule has 3 aromatic rings. The van der Waals surface area contributed by atoms with Gasteiger partial charge in [-0.05, 0) is 18.2 Å². The van der Waals surface area contributed by atoms with Crippen molar-refractivity contribution in [3.05, 3.63) is 77.4 Å². The molecule has 0 atom stereocenters. The van der Waals surface area contributed by atoms with Crippen molar-refractivity contribution in [2.24, 2.45) is 4.99 Å². The lowest BCUT2D eigenvalue weighted by molar-refractivity contribution is -0.132. The molecule has 1 aliphatic rings. The molecular formula is C18H13ClN2O2. The Morgan fingerprint density at radius 3 is 2.30 bits per heavy atom. The van der Waals surface area contributed by atoms with Crippen LogP contribution in [-0.2, 0) is 9.59 Å².